The Morgan fingerprint density at radius 1 is 1.02 bits per heavy atom. The second kappa shape index (κ2) is 14.1. The number of imidazole rings is 1. The quantitative estimate of drug-likeness (QED) is 0.147. The highest BCUT2D eigenvalue weighted by molar-refractivity contribution is 5.71. The molecule has 0 aliphatic carbocycles. The molecule has 4 rings (SSSR count). The Balaban J connectivity index is 1.84. The van der Waals surface area contributed by atoms with E-state index in [1.165, 1.54) is 21.5 Å². The molecule has 12 heteroatoms. The lowest BCUT2D eigenvalue weighted by Crippen LogP contribution is -2.41. The number of nitrogen functional groups attached to an aromatic ring is 1. The van der Waals surface area contributed by atoms with Crippen molar-refractivity contribution < 1.29 is 9.50 Å². The Kier molecular flexibility index (Phi) is 10.4. The maximum absolute atomic E-state index is 14.5. The summed E-state index contributed by atoms with van der Waals surface area (Å²) < 4.78 is 19.1. The molecule has 0 spiro atoms. The van der Waals surface area contributed by atoms with Crippen LogP contribution in [0.25, 0.3) is 11.2 Å². The number of halogens is 1. The van der Waals surface area contributed by atoms with Crippen LogP contribution < -0.4 is 22.3 Å². The molecule has 220 valence electrons. The van der Waals surface area contributed by atoms with Crippen molar-refractivity contribution in [3.8, 4) is 0 Å². The van der Waals surface area contributed by atoms with Gasteiger partial charge in [0.15, 0.2) is 11.2 Å². The van der Waals surface area contributed by atoms with Crippen molar-refractivity contribution in [3.05, 3.63) is 80.5 Å². The second-order valence-corrected chi connectivity index (χ2v) is 10.1. The van der Waals surface area contributed by atoms with E-state index in [0.29, 0.717) is 50.4 Å². The number of nitrogens with one attached hydrogen (secondary N) is 1. The van der Waals surface area contributed by atoms with Gasteiger partial charge in [0.2, 0.25) is 5.95 Å². The van der Waals surface area contributed by atoms with E-state index in [9.17, 15) is 19.1 Å². The van der Waals surface area contributed by atoms with Crippen LogP contribution in [0.1, 0.15) is 56.6 Å². The highest BCUT2D eigenvalue weighted by atomic mass is 19.1. The number of para-hydroxylation sites is 1. The number of hydrogen-bond donors (Lipinski definition) is 3. The number of nitrogens with zero attached hydrogens (tertiary/aromatic N) is 6. The number of nitrogens with two attached hydrogens (primary N) is 1. The van der Waals surface area contributed by atoms with Crippen molar-refractivity contribution in [2.24, 2.45) is 0 Å². The van der Waals surface area contributed by atoms with Gasteiger partial charge in [0, 0.05) is 50.8 Å². The van der Waals surface area contributed by atoms with E-state index in [2.05, 4.69) is 22.2 Å². The number of fused-ring (bicyclic) bond motifs is 1. The Morgan fingerprint density at radius 3 is 2.54 bits per heavy atom. The molecule has 11 nitrogen and oxygen atoms in total. The molecule has 0 aliphatic rings. The minimum Gasteiger partial charge on any atom is -0.399 e. The van der Waals surface area contributed by atoms with E-state index in [1.54, 1.807) is 4.57 Å². The first-order valence-corrected chi connectivity index (χ1v) is 14.3. The molecule has 0 saturated heterocycles. The molecular weight excluding hydrogens is 527 g/mol. The Morgan fingerprint density at radius 2 is 1.80 bits per heavy atom. The summed E-state index contributed by atoms with van der Waals surface area (Å²) in [5.41, 5.74) is 7.42. The van der Waals surface area contributed by atoms with Gasteiger partial charge in [-0.2, -0.15) is 4.39 Å². The van der Waals surface area contributed by atoms with Gasteiger partial charge in [-0.15, -0.1) is 0 Å². The molecule has 4 aromatic rings. The van der Waals surface area contributed by atoms with E-state index < -0.39 is 23.3 Å². The maximum atomic E-state index is 14.5. The van der Waals surface area contributed by atoms with Crippen LogP contribution >= 0.6 is 0 Å². The molecule has 1 unspecified atom stereocenters. The van der Waals surface area contributed by atoms with Crippen molar-refractivity contribution >= 4 is 16.9 Å². The van der Waals surface area contributed by atoms with Crippen molar-refractivity contribution in [1.29, 1.82) is 0 Å². The van der Waals surface area contributed by atoms with Crippen LogP contribution in [0.5, 0.6) is 0 Å². The average Bonchev–Trinajstić information content (AvgIpc) is 3.32. The van der Waals surface area contributed by atoms with Gasteiger partial charge in [-0.1, -0.05) is 44.9 Å². The van der Waals surface area contributed by atoms with Gasteiger partial charge >= 0.3 is 5.69 Å². The second-order valence-electron chi connectivity index (χ2n) is 10.1. The normalized spacial score (nSPS) is 12.3. The topological polar surface area (TPSA) is 146 Å². The molecule has 0 radical (unpaired) electrons. The third kappa shape index (κ3) is 7.06. The Hall–Kier alpha value is -3.90. The molecule has 0 amide bonds. The van der Waals surface area contributed by atoms with Gasteiger partial charge in [0.25, 0.3) is 5.56 Å². The molecule has 41 heavy (non-hydrogen) atoms. The highest BCUT2D eigenvalue weighted by Gasteiger charge is 2.23. The van der Waals surface area contributed by atoms with Crippen LogP contribution in [-0.4, -0.2) is 53.0 Å². The summed E-state index contributed by atoms with van der Waals surface area (Å²) in [6, 6.07) is 7.46. The molecule has 0 saturated carbocycles. The van der Waals surface area contributed by atoms with Crippen LogP contribution in [0.4, 0.5) is 10.1 Å². The van der Waals surface area contributed by atoms with E-state index in [1.807, 2.05) is 31.2 Å². The number of unbranched alkanes of at least 4 members (excludes halogenated alkanes) is 2. The molecule has 0 aliphatic heterocycles. The van der Waals surface area contributed by atoms with Gasteiger partial charge in [0.05, 0.1) is 12.5 Å². The summed E-state index contributed by atoms with van der Waals surface area (Å²) in [6.45, 7) is 5.63. The summed E-state index contributed by atoms with van der Waals surface area (Å²) in [4.78, 5) is 40.2. The van der Waals surface area contributed by atoms with E-state index in [0.717, 1.165) is 18.4 Å². The van der Waals surface area contributed by atoms with Crippen LogP contribution in [-0.2, 0) is 32.5 Å². The maximum Gasteiger partial charge on any atom is 0.332 e. The lowest BCUT2D eigenvalue weighted by molar-refractivity contribution is 0.167. The Bertz CT molecular complexity index is 1580. The lowest BCUT2D eigenvalue weighted by Gasteiger charge is -2.14. The number of aliphatic hydroxyl groups is 1. The number of aryl methyl sites for hydroxylation is 2. The highest BCUT2D eigenvalue weighted by Crippen LogP contribution is 2.18. The molecule has 1 aromatic carbocycles. The zero-order valence-electron chi connectivity index (χ0n) is 23.7. The molecule has 4 N–H and O–H groups in total. The molecule has 0 bridgehead atoms. The van der Waals surface area contributed by atoms with Crippen LogP contribution in [0.3, 0.4) is 0 Å². The first-order chi connectivity index (χ1) is 19.8. The third-order valence-corrected chi connectivity index (χ3v) is 7.25. The zero-order chi connectivity index (χ0) is 29.4. The molecule has 3 heterocycles. The number of hydrogen-bond acceptors (Lipinski definition) is 8. The van der Waals surface area contributed by atoms with Crippen molar-refractivity contribution in [2.75, 3.05) is 18.8 Å². The lowest BCUT2D eigenvalue weighted by atomic mass is 10.1. The third-order valence-electron chi connectivity index (χ3n) is 7.25. The van der Waals surface area contributed by atoms with E-state index in [4.69, 9.17) is 10.7 Å². The van der Waals surface area contributed by atoms with Gasteiger partial charge in [-0.05, 0) is 30.9 Å². The zero-order valence-corrected chi connectivity index (χ0v) is 23.7. The van der Waals surface area contributed by atoms with Crippen molar-refractivity contribution in [3.63, 3.8) is 0 Å². The number of rotatable bonds is 15. The summed E-state index contributed by atoms with van der Waals surface area (Å²) in [6.07, 6.45) is 5.75. The standard InChI is InChI=1S/C29H39FN8O3/c1-3-5-8-15-38-28(40)25-27(37(29(38)41)16-11-20-9-6-7-10-22(20)31)35-24(18-23-26(30)34-13-12-33-23)36(25)17-14-32-19-21(39)4-2/h6-7,9-10,12-13,21,32,39H,3-5,8,11,14-19,31H2,1-2H3. The minimum absolute atomic E-state index is 0.0129. The largest absolute Gasteiger partial charge is 0.399 e. The van der Waals surface area contributed by atoms with E-state index >= 15 is 0 Å². The SMILES string of the molecule is CCCCCn1c(=O)c2c(nc(Cc3nccnc3F)n2CCNCC(O)CC)n(CCc2ccccc2N)c1=O. The number of anilines is 1. The monoisotopic (exact) mass is 566 g/mol. The average molecular weight is 567 g/mol. The van der Waals surface area contributed by atoms with Gasteiger partial charge in [-0.25, -0.2) is 14.8 Å². The van der Waals surface area contributed by atoms with E-state index in [-0.39, 0.29) is 36.4 Å². The predicted octanol–water partition coefficient (Wildman–Crippen LogP) is 2.26. The predicted molar refractivity (Wildman–Crippen MR) is 156 cm³/mol. The fourth-order valence-corrected chi connectivity index (χ4v) is 4.85. The number of benzene rings is 1. The van der Waals surface area contributed by atoms with Gasteiger partial charge in [0.1, 0.15) is 11.5 Å². The van der Waals surface area contributed by atoms with Crippen LogP contribution in [0, 0.1) is 5.95 Å². The van der Waals surface area contributed by atoms with Crippen molar-refractivity contribution in [2.45, 2.75) is 78.1 Å². The summed E-state index contributed by atoms with van der Waals surface area (Å²) >= 11 is 0. The first kappa shape index (κ1) is 30.1. The molecule has 3 aromatic heterocycles. The fourth-order valence-electron chi connectivity index (χ4n) is 4.85. The summed E-state index contributed by atoms with van der Waals surface area (Å²) in [7, 11) is 0. The van der Waals surface area contributed by atoms with Crippen LogP contribution in [0.15, 0.2) is 46.2 Å². The molecular formula is C29H39FN8O3. The number of aromatic nitrogens is 6. The summed E-state index contributed by atoms with van der Waals surface area (Å²) in [5, 5.41) is 13.2. The smallest absolute Gasteiger partial charge is 0.332 e. The van der Waals surface area contributed by atoms with Crippen LogP contribution in [0.2, 0.25) is 0 Å². The minimum atomic E-state index is -0.718. The molecule has 0 fully saturated rings. The number of aliphatic hydroxyl groups excluding tert-OH is 1. The van der Waals surface area contributed by atoms with Gasteiger partial charge in [-0.3, -0.25) is 18.9 Å². The van der Waals surface area contributed by atoms with Crippen molar-refractivity contribution in [1.82, 2.24) is 34.0 Å². The first-order valence-electron chi connectivity index (χ1n) is 14.3. The Labute approximate surface area is 237 Å². The summed E-state index contributed by atoms with van der Waals surface area (Å²) in [5.74, 6) is -0.322. The fraction of sp³-hybridized carbons (Fsp3) is 0.483. The molecule has 1 atom stereocenters. The van der Waals surface area contributed by atoms with Gasteiger partial charge < -0.3 is 20.7 Å².